The van der Waals surface area contributed by atoms with Gasteiger partial charge in [-0.2, -0.15) is 0 Å². The fraction of sp³-hybridized carbons (Fsp3) is 0.222. The fourth-order valence-electron chi connectivity index (χ4n) is 1.62. The number of carboxylic acid groups (broad SMARTS) is 1. The van der Waals surface area contributed by atoms with Crippen LogP contribution in [0.4, 0.5) is 5.69 Å². The molecule has 1 aliphatic heterocycles. The van der Waals surface area contributed by atoms with Crippen LogP contribution < -0.4 is 10.9 Å². The number of nitrogens with two attached hydrogens (primary N) is 1. The summed E-state index contributed by atoms with van der Waals surface area (Å²) in [6.45, 7) is 0. The molecule has 13 heavy (non-hydrogen) atoms. The predicted molar refractivity (Wildman–Crippen MR) is 48.2 cm³/mol. The SMILES string of the molecule is NN1c2ccccc2CC1C(=O)O. The van der Waals surface area contributed by atoms with Gasteiger partial charge in [-0.15, -0.1) is 0 Å². The Hall–Kier alpha value is -1.55. The minimum atomic E-state index is -0.876. The second-order valence-corrected chi connectivity index (χ2v) is 3.09. The van der Waals surface area contributed by atoms with Crippen molar-refractivity contribution in [3.63, 3.8) is 0 Å². The molecule has 0 saturated heterocycles. The van der Waals surface area contributed by atoms with Crippen molar-refractivity contribution in [3.05, 3.63) is 29.8 Å². The summed E-state index contributed by atoms with van der Waals surface area (Å²) in [5.41, 5.74) is 1.81. The van der Waals surface area contributed by atoms with Gasteiger partial charge in [0.1, 0.15) is 6.04 Å². The van der Waals surface area contributed by atoms with Gasteiger partial charge in [-0.3, -0.25) is 5.01 Å². The highest BCUT2D eigenvalue weighted by Crippen LogP contribution is 2.28. The van der Waals surface area contributed by atoms with Crippen molar-refractivity contribution < 1.29 is 9.90 Å². The Kier molecular flexibility index (Phi) is 1.70. The van der Waals surface area contributed by atoms with E-state index in [9.17, 15) is 4.79 Å². The fourth-order valence-corrected chi connectivity index (χ4v) is 1.62. The molecule has 2 rings (SSSR count). The molecule has 4 heteroatoms. The lowest BCUT2D eigenvalue weighted by Crippen LogP contribution is -2.43. The third-order valence-electron chi connectivity index (χ3n) is 2.30. The Morgan fingerprint density at radius 2 is 2.23 bits per heavy atom. The van der Waals surface area contributed by atoms with Gasteiger partial charge in [-0.1, -0.05) is 18.2 Å². The molecular formula is C9H10N2O2. The second-order valence-electron chi connectivity index (χ2n) is 3.09. The van der Waals surface area contributed by atoms with Crippen molar-refractivity contribution in [2.75, 3.05) is 5.01 Å². The van der Waals surface area contributed by atoms with Crippen LogP contribution >= 0.6 is 0 Å². The zero-order chi connectivity index (χ0) is 9.42. The van der Waals surface area contributed by atoms with Crippen molar-refractivity contribution in [2.24, 2.45) is 5.84 Å². The van der Waals surface area contributed by atoms with Crippen LogP contribution in [0.5, 0.6) is 0 Å². The number of carboxylic acids is 1. The summed E-state index contributed by atoms with van der Waals surface area (Å²) in [5.74, 6) is 4.77. The van der Waals surface area contributed by atoms with Crippen molar-refractivity contribution in [1.29, 1.82) is 0 Å². The number of hydrogen-bond acceptors (Lipinski definition) is 3. The highest BCUT2D eigenvalue weighted by molar-refractivity contribution is 5.81. The average Bonchev–Trinajstić information content (AvgIpc) is 2.45. The van der Waals surface area contributed by atoms with Crippen molar-refractivity contribution in [1.82, 2.24) is 0 Å². The third-order valence-corrected chi connectivity index (χ3v) is 2.30. The zero-order valence-corrected chi connectivity index (χ0v) is 6.97. The maximum Gasteiger partial charge on any atom is 0.328 e. The number of benzene rings is 1. The van der Waals surface area contributed by atoms with Crippen LogP contribution in [0.25, 0.3) is 0 Å². The van der Waals surface area contributed by atoms with E-state index in [1.165, 1.54) is 5.01 Å². The highest BCUT2D eigenvalue weighted by atomic mass is 16.4. The van der Waals surface area contributed by atoms with Gasteiger partial charge in [-0.05, 0) is 11.6 Å². The van der Waals surface area contributed by atoms with Crippen LogP contribution in [0, 0.1) is 0 Å². The molecule has 0 aliphatic carbocycles. The van der Waals surface area contributed by atoms with E-state index in [1.54, 1.807) is 0 Å². The predicted octanol–water partition coefficient (Wildman–Crippen LogP) is 0.376. The summed E-state index contributed by atoms with van der Waals surface area (Å²) in [7, 11) is 0. The molecule has 1 heterocycles. The number of hydrazine groups is 1. The average molecular weight is 178 g/mol. The van der Waals surface area contributed by atoms with E-state index in [2.05, 4.69) is 0 Å². The van der Waals surface area contributed by atoms with E-state index < -0.39 is 12.0 Å². The van der Waals surface area contributed by atoms with Gasteiger partial charge in [0.2, 0.25) is 0 Å². The molecule has 0 spiro atoms. The summed E-state index contributed by atoms with van der Waals surface area (Å²) in [6, 6.07) is 6.85. The number of para-hydroxylation sites is 1. The molecule has 68 valence electrons. The number of nitrogens with zero attached hydrogens (tertiary/aromatic N) is 1. The van der Waals surface area contributed by atoms with E-state index in [1.807, 2.05) is 24.3 Å². The standard InChI is InChI=1S/C9H10N2O2/c10-11-7-4-2-1-3-6(7)5-8(11)9(12)13/h1-4,8H,5,10H2,(H,12,13). The Morgan fingerprint density at radius 1 is 1.54 bits per heavy atom. The first-order valence-electron chi connectivity index (χ1n) is 4.05. The largest absolute Gasteiger partial charge is 0.480 e. The summed E-state index contributed by atoms with van der Waals surface area (Å²) >= 11 is 0. The van der Waals surface area contributed by atoms with Gasteiger partial charge >= 0.3 is 5.97 Å². The van der Waals surface area contributed by atoms with Crippen LogP contribution in [-0.4, -0.2) is 17.1 Å². The number of anilines is 1. The van der Waals surface area contributed by atoms with Gasteiger partial charge in [0.25, 0.3) is 0 Å². The van der Waals surface area contributed by atoms with Crippen molar-refractivity contribution in [2.45, 2.75) is 12.5 Å². The molecule has 3 N–H and O–H groups in total. The van der Waals surface area contributed by atoms with Gasteiger partial charge in [0.05, 0.1) is 5.69 Å². The molecule has 1 aliphatic rings. The van der Waals surface area contributed by atoms with Gasteiger partial charge < -0.3 is 5.11 Å². The number of fused-ring (bicyclic) bond motifs is 1. The number of carbonyl (C=O) groups is 1. The van der Waals surface area contributed by atoms with Crippen LogP contribution in [0.15, 0.2) is 24.3 Å². The quantitative estimate of drug-likeness (QED) is 0.610. The topological polar surface area (TPSA) is 66.6 Å². The molecular weight excluding hydrogens is 168 g/mol. The van der Waals surface area contributed by atoms with E-state index in [-0.39, 0.29) is 0 Å². The Labute approximate surface area is 75.5 Å². The molecule has 0 fully saturated rings. The Morgan fingerprint density at radius 3 is 2.85 bits per heavy atom. The molecule has 4 nitrogen and oxygen atoms in total. The second kappa shape index (κ2) is 2.74. The first-order chi connectivity index (χ1) is 6.20. The molecule has 1 atom stereocenters. The first-order valence-corrected chi connectivity index (χ1v) is 4.05. The maximum absolute atomic E-state index is 10.8. The maximum atomic E-state index is 10.8. The molecule has 0 amide bonds. The van der Waals surface area contributed by atoms with Gasteiger partial charge in [-0.25, -0.2) is 10.6 Å². The Balaban J connectivity index is 2.38. The van der Waals surface area contributed by atoms with E-state index in [0.717, 1.165) is 11.3 Å². The van der Waals surface area contributed by atoms with Crippen molar-refractivity contribution >= 4 is 11.7 Å². The minimum absolute atomic E-state index is 0.488. The zero-order valence-electron chi connectivity index (χ0n) is 6.97. The van der Waals surface area contributed by atoms with Crippen LogP contribution in [0.1, 0.15) is 5.56 Å². The minimum Gasteiger partial charge on any atom is -0.480 e. The summed E-state index contributed by atoms with van der Waals surface area (Å²) < 4.78 is 0. The number of aliphatic carboxylic acids is 1. The van der Waals surface area contributed by atoms with Gasteiger partial charge in [0.15, 0.2) is 0 Å². The van der Waals surface area contributed by atoms with E-state index >= 15 is 0 Å². The molecule has 1 aromatic carbocycles. The Bertz CT molecular complexity index is 351. The first kappa shape index (κ1) is 8.07. The van der Waals surface area contributed by atoms with Crippen LogP contribution in [-0.2, 0) is 11.2 Å². The van der Waals surface area contributed by atoms with Crippen molar-refractivity contribution in [3.8, 4) is 0 Å². The number of hydrogen-bond donors (Lipinski definition) is 2. The molecule has 1 unspecified atom stereocenters. The molecule has 1 aromatic rings. The third kappa shape index (κ3) is 1.15. The monoisotopic (exact) mass is 178 g/mol. The molecule has 0 radical (unpaired) electrons. The summed E-state index contributed by atoms with van der Waals surface area (Å²) in [6.07, 6.45) is 0.488. The van der Waals surface area contributed by atoms with E-state index in [4.69, 9.17) is 10.9 Å². The normalized spacial score (nSPS) is 20.1. The number of rotatable bonds is 1. The lowest BCUT2D eigenvalue weighted by molar-refractivity contribution is -0.138. The lowest BCUT2D eigenvalue weighted by atomic mass is 10.1. The lowest BCUT2D eigenvalue weighted by Gasteiger charge is -2.17. The molecule has 0 bridgehead atoms. The molecule has 0 aromatic heterocycles. The smallest absolute Gasteiger partial charge is 0.328 e. The van der Waals surface area contributed by atoms with Crippen LogP contribution in [0.2, 0.25) is 0 Å². The molecule has 0 saturated carbocycles. The van der Waals surface area contributed by atoms with Crippen LogP contribution in [0.3, 0.4) is 0 Å². The summed E-state index contributed by atoms with van der Waals surface area (Å²) in [5, 5.41) is 10.2. The van der Waals surface area contributed by atoms with Gasteiger partial charge in [0, 0.05) is 6.42 Å². The highest BCUT2D eigenvalue weighted by Gasteiger charge is 2.31. The van der Waals surface area contributed by atoms with E-state index in [0.29, 0.717) is 6.42 Å². The summed E-state index contributed by atoms with van der Waals surface area (Å²) in [4.78, 5) is 10.8.